The van der Waals surface area contributed by atoms with E-state index in [1.165, 1.54) is 17.0 Å². The molecule has 2 aromatic rings. The molecule has 2 aliphatic rings. The number of amidine groups is 1. The summed E-state index contributed by atoms with van der Waals surface area (Å²) in [5.74, 6) is -0.891. The van der Waals surface area contributed by atoms with Crippen molar-refractivity contribution in [2.24, 2.45) is 5.16 Å². The highest BCUT2D eigenvalue weighted by Gasteiger charge is 2.52. The zero-order valence-electron chi connectivity index (χ0n) is 19.0. The maximum absolute atomic E-state index is 13.3. The first-order chi connectivity index (χ1) is 17.1. The summed E-state index contributed by atoms with van der Waals surface area (Å²) >= 11 is 12.0. The molecule has 2 aromatic carbocycles. The molecule has 12 heteroatoms. The number of hydrogen-bond acceptors (Lipinski definition) is 4. The number of oxime groups is 1. The molecule has 1 aliphatic heterocycles. The molecule has 0 unspecified atom stereocenters. The Hall–Kier alpha value is -2.98. The zero-order valence-corrected chi connectivity index (χ0v) is 20.5. The van der Waals surface area contributed by atoms with Crippen molar-refractivity contribution in [2.75, 3.05) is 0 Å². The van der Waals surface area contributed by atoms with Crippen LogP contribution in [0.5, 0.6) is 0 Å². The SMILES string of the molecule is O=C(NCc1ccc(C(F)(F)F)cc1)C1=NOC2(CCCCC2)N1C(=O)NCc1ccc(Cl)c(Cl)c1. The van der Waals surface area contributed by atoms with Crippen LogP contribution in [0.3, 0.4) is 0 Å². The predicted octanol–water partition coefficient (Wildman–Crippen LogP) is 5.84. The fraction of sp³-hybridized carbons (Fsp3) is 0.375. The molecule has 3 amide bonds. The molecular weight excluding hydrogens is 520 g/mol. The van der Waals surface area contributed by atoms with Crippen molar-refractivity contribution in [3.05, 3.63) is 69.2 Å². The van der Waals surface area contributed by atoms with Gasteiger partial charge in [-0.3, -0.25) is 4.79 Å². The van der Waals surface area contributed by atoms with E-state index < -0.39 is 29.4 Å². The quantitative estimate of drug-likeness (QED) is 0.497. The van der Waals surface area contributed by atoms with Crippen LogP contribution in [0.2, 0.25) is 10.0 Å². The van der Waals surface area contributed by atoms with Gasteiger partial charge < -0.3 is 15.5 Å². The lowest BCUT2D eigenvalue weighted by Gasteiger charge is -2.38. The summed E-state index contributed by atoms with van der Waals surface area (Å²) < 4.78 is 38.4. The number of rotatable bonds is 5. The van der Waals surface area contributed by atoms with E-state index >= 15 is 0 Å². The molecule has 0 bridgehead atoms. The van der Waals surface area contributed by atoms with Gasteiger partial charge in [-0.1, -0.05) is 53.0 Å². The van der Waals surface area contributed by atoms with Crippen molar-refractivity contribution in [2.45, 2.75) is 57.1 Å². The third-order valence-corrected chi connectivity index (χ3v) is 6.86. The average molecular weight is 543 g/mol. The van der Waals surface area contributed by atoms with Crippen LogP contribution in [0, 0.1) is 0 Å². The second-order valence-corrected chi connectivity index (χ2v) is 9.45. The number of nitrogens with zero attached hydrogens (tertiary/aromatic N) is 2. The van der Waals surface area contributed by atoms with Gasteiger partial charge in [-0.15, -0.1) is 0 Å². The lowest BCUT2D eigenvalue weighted by atomic mass is 9.90. The normalized spacial score (nSPS) is 16.9. The highest BCUT2D eigenvalue weighted by atomic mass is 35.5. The van der Waals surface area contributed by atoms with Crippen LogP contribution in [-0.4, -0.2) is 28.4 Å². The van der Waals surface area contributed by atoms with Crippen molar-refractivity contribution in [1.29, 1.82) is 0 Å². The summed E-state index contributed by atoms with van der Waals surface area (Å²) in [6.07, 6.45) is -0.867. The van der Waals surface area contributed by atoms with Crippen LogP contribution in [0.4, 0.5) is 18.0 Å². The van der Waals surface area contributed by atoms with E-state index in [2.05, 4.69) is 15.8 Å². The number of carbonyl (C=O) groups is 2. The van der Waals surface area contributed by atoms with Gasteiger partial charge in [0.15, 0.2) is 0 Å². The Morgan fingerprint density at radius 3 is 2.22 bits per heavy atom. The van der Waals surface area contributed by atoms with Gasteiger partial charge in [0.2, 0.25) is 11.6 Å². The standard InChI is InChI=1S/C24H23Cl2F3N4O3/c25-18-9-6-16(12-19(18)26)14-31-22(35)33-20(32-36-23(33)10-2-1-3-11-23)21(34)30-13-15-4-7-17(8-5-15)24(27,28)29/h4-9,12H,1-3,10-11,13-14H2,(H,30,34)(H,31,35). The summed E-state index contributed by atoms with van der Waals surface area (Å²) in [5, 5.41) is 10.1. The smallest absolute Gasteiger partial charge is 0.364 e. The summed E-state index contributed by atoms with van der Waals surface area (Å²) in [7, 11) is 0. The Labute approximate surface area is 215 Å². The average Bonchev–Trinajstić information content (AvgIpc) is 3.21. The molecule has 1 spiro atoms. The van der Waals surface area contributed by atoms with E-state index in [0.717, 1.165) is 31.4 Å². The second kappa shape index (κ2) is 10.6. The van der Waals surface area contributed by atoms with Crippen LogP contribution < -0.4 is 10.6 Å². The van der Waals surface area contributed by atoms with Gasteiger partial charge in [-0.2, -0.15) is 13.2 Å². The minimum atomic E-state index is -4.45. The van der Waals surface area contributed by atoms with E-state index in [1.807, 2.05) is 0 Å². The molecule has 2 N–H and O–H groups in total. The first kappa shape index (κ1) is 26.1. The summed E-state index contributed by atoms with van der Waals surface area (Å²) in [4.78, 5) is 33.2. The third kappa shape index (κ3) is 5.70. The predicted molar refractivity (Wildman–Crippen MR) is 128 cm³/mol. The number of nitrogens with one attached hydrogen (secondary N) is 2. The minimum Gasteiger partial charge on any atom is -0.364 e. The molecular formula is C24H23Cl2F3N4O3. The second-order valence-electron chi connectivity index (χ2n) is 8.63. The Morgan fingerprint density at radius 1 is 0.944 bits per heavy atom. The van der Waals surface area contributed by atoms with Gasteiger partial charge in [0.1, 0.15) is 0 Å². The Morgan fingerprint density at radius 2 is 1.58 bits per heavy atom. The molecule has 192 valence electrons. The molecule has 4 rings (SSSR count). The molecule has 0 aromatic heterocycles. The number of hydrogen-bond donors (Lipinski definition) is 2. The summed E-state index contributed by atoms with van der Waals surface area (Å²) in [5.41, 5.74) is -0.684. The number of benzene rings is 2. The maximum atomic E-state index is 13.3. The van der Waals surface area contributed by atoms with E-state index in [1.54, 1.807) is 18.2 Å². The lowest BCUT2D eigenvalue weighted by Crippen LogP contribution is -2.58. The molecule has 1 saturated carbocycles. The van der Waals surface area contributed by atoms with Crippen LogP contribution >= 0.6 is 23.2 Å². The van der Waals surface area contributed by atoms with Crippen molar-refractivity contribution in [1.82, 2.24) is 15.5 Å². The van der Waals surface area contributed by atoms with Crippen LogP contribution in [0.15, 0.2) is 47.6 Å². The van der Waals surface area contributed by atoms with Gasteiger partial charge >= 0.3 is 12.2 Å². The number of amides is 3. The lowest BCUT2D eigenvalue weighted by molar-refractivity contribution is -0.137. The summed E-state index contributed by atoms with van der Waals surface area (Å²) in [6, 6.07) is 8.85. The van der Waals surface area contributed by atoms with E-state index in [0.29, 0.717) is 34.0 Å². The molecule has 0 saturated heterocycles. The fourth-order valence-corrected chi connectivity index (χ4v) is 4.55. The molecule has 1 heterocycles. The molecule has 0 atom stereocenters. The third-order valence-electron chi connectivity index (χ3n) is 6.12. The van der Waals surface area contributed by atoms with Gasteiger partial charge in [-0.25, -0.2) is 9.69 Å². The van der Waals surface area contributed by atoms with E-state index in [-0.39, 0.29) is 18.9 Å². The Kier molecular flexibility index (Phi) is 7.65. The van der Waals surface area contributed by atoms with Gasteiger partial charge in [0, 0.05) is 25.9 Å². The molecule has 0 radical (unpaired) electrons. The highest BCUT2D eigenvalue weighted by Crippen LogP contribution is 2.39. The summed E-state index contributed by atoms with van der Waals surface area (Å²) in [6.45, 7) is 0.0739. The number of halogens is 5. The molecule has 7 nitrogen and oxygen atoms in total. The number of alkyl halides is 3. The largest absolute Gasteiger partial charge is 0.416 e. The Bertz CT molecular complexity index is 1170. The first-order valence-electron chi connectivity index (χ1n) is 11.3. The molecule has 1 fully saturated rings. The van der Waals surface area contributed by atoms with Crippen molar-refractivity contribution in [3.8, 4) is 0 Å². The van der Waals surface area contributed by atoms with Gasteiger partial charge in [-0.05, 0) is 48.2 Å². The monoisotopic (exact) mass is 542 g/mol. The minimum absolute atomic E-state index is 0.0538. The molecule has 36 heavy (non-hydrogen) atoms. The topological polar surface area (TPSA) is 83.0 Å². The van der Waals surface area contributed by atoms with E-state index in [4.69, 9.17) is 28.0 Å². The van der Waals surface area contributed by atoms with Gasteiger partial charge in [0.05, 0.1) is 15.6 Å². The van der Waals surface area contributed by atoms with E-state index in [9.17, 15) is 22.8 Å². The van der Waals surface area contributed by atoms with Gasteiger partial charge in [0.25, 0.3) is 5.91 Å². The maximum Gasteiger partial charge on any atom is 0.416 e. The fourth-order valence-electron chi connectivity index (χ4n) is 4.23. The Balaban J connectivity index is 1.46. The number of urea groups is 1. The van der Waals surface area contributed by atoms with Crippen molar-refractivity contribution in [3.63, 3.8) is 0 Å². The van der Waals surface area contributed by atoms with Crippen molar-refractivity contribution < 1.29 is 27.6 Å². The number of carbonyl (C=O) groups excluding carboxylic acids is 2. The van der Waals surface area contributed by atoms with Crippen LogP contribution in [0.1, 0.15) is 48.8 Å². The van der Waals surface area contributed by atoms with Crippen molar-refractivity contribution >= 4 is 41.0 Å². The first-order valence-corrected chi connectivity index (χ1v) is 12.1. The van der Waals surface area contributed by atoms with Crippen LogP contribution in [0.25, 0.3) is 0 Å². The van der Waals surface area contributed by atoms with Crippen LogP contribution in [-0.2, 0) is 28.9 Å². The zero-order chi connectivity index (χ0) is 25.9. The highest BCUT2D eigenvalue weighted by molar-refractivity contribution is 6.42. The molecule has 1 aliphatic carbocycles.